The Labute approximate surface area is 272 Å². The summed E-state index contributed by atoms with van der Waals surface area (Å²) in [4.78, 5) is 25.7. The SMILES string of the molecule is C.C=C/C(C)=C/[C@@]1(C)SC(=C)C=C1OCC(=O)NCCn1cc(CNC(=O)c2ccc(NS(=O)(=O)c3ccc(F)cc3)cc2)nn1. The molecule has 0 aliphatic carbocycles. The zero-order chi connectivity index (χ0) is 32.6. The molecule has 0 saturated carbocycles. The van der Waals surface area contributed by atoms with E-state index in [0.717, 1.165) is 34.7 Å². The van der Waals surface area contributed by atoms with Gasteiger partial charge in [-0.15, -0.1) is 16.9 Å². The Morgan fingerprint density at radius 2 is 1.83 bits per heavy atom. The number of aromatic nitrogens is 3. The monoisotopic (exact) mass is 668 g/mol. The standard InChI is InChI=1S/C31H33FN6O5S2.CH4/c1-5-21(2)17-31(4)28(16-22(3)44-31)43-20-29(39)33-14-15-38-19-26(35-37-38)18-34-30(40)23-6-10-25(11-7-23)36-45(41,42)27-12-8-24(32)9-13-27;/h5-13,16-17,19,36H,1,3,14-15,18,20H2,2,4H3,(H,33,39)(H,34,40);1H4/b21-17+;/t31-;/m1./s1. The van der Waals surface area contributed by atoms with Crippen molar-refractivity contribution in [2.24, 2.45) is 0 Å². The van der Waals surface area contributed by atoms with Gasteiger partial charge in [-0.05, 0) is 68.5 Å². The van der Waals surface area contributed by atoms with Crippen LogP contribution < -0.4 is 15.4 Å². The number of anilines is 1. The third-order valence-corrected chi connectivity index (χ3v) is 9.03. The van der Waals surface area contributed by atoms with E-state index in [9.17, 15) is 22.4 Å². The molecule has 4 rings (SSSR count). The molecule has 1 atom stereocenters. The van der Waals surface area contributed by atoms with Crippen LogP contribution in [0.1, 0.15) is 37.3 Å². The molecule has 3 N–H and O–H groups in total. The molecule has 11 nitrogen and oxygen atoms in total. The Bertz CT molecular complexity index is 1750. The Morgan fingerprint density at radius 1 is 1.13 bits per heavy atom. The predicted molar refractivity (Wildman–Crippen MR) is 178 cm³/mol. The number of hydrogen-bond donors (Lipinski definition) is 3. The summed E-state index contributed by atoms with van der Waals surface area (Å²) in [6.07, 6.45) is 7.27. The summed E-state index contributed by atoms with van der Waals surface area (Å²) >= 11 is 1.55. The van der Waals surface area contributed by atoms with E-state index in [1.165, 1.54) is 24.3 Å². The van der Waals surface area contributed by atoms with E-state index in [2.05, 4.69) is 38.8 Å². The summed E-state index contributed by atoms with van der Waals surface area (Å²) in [5.74, 6) is -0.570. The number of hydrogen-bond acceptors (Lipinski definition) is 8. The lowest BCUT2D eigenvalue weighted by atomic mass is 10.0. The van der Waals surface area contributed by atoms with Crippen LogP contribution in [0.25, 0.3) is 0 Å². The van der Waals surface area contributed by atoms with Crippen molar-refractivity contribution < 1.29 is 27.1 Å². The van der Waals surface area contributed by atoms with Crippen molar-refractivity contribution in [3.63, 3.8) is 0 Å². The van der Waals surface area contributed by atoms with Crippen LogP contribution in [0.2, 0.25) is 0 Å². The number of halogens is 1. The molecule has 244 valence electrons. The Balaban J connectivity index is 0.00000576. The Morgan fingerprint density at radius 3 is 2.50 bits per heavy atom. The van der Waals surface area contributed by atoms with Crippen LogP contribution in [0.4, 0.5) is 10.1 Å². The van der Waals surface area contributed by atoms with Gasteiger partial charge in [0.05, 0.1) is 28.9 Å². The molecule has 1 aliphatic heterocycles. The molecule has 2 amide bonds. The molecule has 0 spiro atoms. The number of thioether (sulfide) groups is 1. The minimum atomic E-state index is -3.91. The maximum absolute atomic E-state index is 13.1. The molecule has 14 heteroatoms. The first-order chi connectivity index (χ1) is 21.4. The number of carbonyl (C=O) groups is 2. The lowest BCUT2D eigenvalue weighted by Crippen LogP contribution is -2.32. The third kappa shape index (κ3) is 9.65. The lowest BCUT2D eigenvalue weighted by Gasteiger charge is -2.23. The van der Waals surface area contributed by atoms with Crippen molar-refractivity contribution in [2.45, 2.75) is 44.0 Å². The number of nitrogens with one attached hydrogen (secondary N) is 3. The highest BCUT2D eigenvalue weighted by molar-refractivity contribution is 8.05. The second-order valence-corrected chi connectivity index (χ2v) is 13.5. The highest BCUT2D eigenvalue weighted by Gasteiger charge is 2.35. The average Bonchev–Trinajstić information content (AvgIpc) is 3.57. The molecule has 1 aromatic heterocycles. The molecule has 0 unspecified atom stereocenters. The summed E-state index contributed by atoms with van der Waals surface area (Å²) in [6, 6.07) is 10.3. The summed E-state index contributed by atoms with van der Waals surface area (Å²) < 4.78 is 47.4. The molecule has 1 aliphatic rings. The predicted octanol–water partition coefficient (Wildman–Crippen LogP) is 4.95. The van der Waals surface area contributed by atoms with Gasteiger partial charge in [-0.25, -0.2) is 12.8 Å². The van der Waals surface area contributed by atoms with Gasteiger partial charge in [-0.1, -0.05) is 43.5 Å². The van der Waals surface area contributed by atoms with E-state index < -0.39 is 26.5 Å². The van der Waals surface area contributed by atoms with Gasteiger partial charge in [0, 0.05) is 22.7 Å². The number of allylic oxidation sites excluding steroid dienone is 3. The van der Waals surface area contributed by atoms with Gasteiger partial charge in [0.2, 0.25) is 0 Å². The molecule has 0 saturated heterocycles. The van der Waals surface area contributed by atoms with Gasteiger partial charge in [-0.3, -0.25) is 19.0 Å². The fourth-order valence-electron chi connectivity index (χ4n) is 4.24. The van der Waals surface area contributed by atoms with Gasteiger partial charge in [-0.2, -0.15) is 0 Å². The van der Waals surface area contributed by atoms with Crippen LogP contribution in [-0.4, -0.2) is 53.1 Å². The lowest BCUT2D eigenvalue weighted by molar-refractivity contribution is -0.124. The number of rotatable bonds is 14. The van der Waals surface area contributed by atoms with E-state index in [4.69, 9.17) is 4.74 Å². The Kier molecular flexibility index (Phi) is 12.1. The smallest absolute Gasteiger partial charge is 0.261 e. The van der Waals surface area contributed by atoms with Crippen LogP contribution in [0.5, 0.6) is 0 Å². The summed E-state index contributed by atoms with van der Waals surface area (Å²) in [5.41, 5.74) is 2.05. The van der Waals surface area contributed by atoms with Crippen molar-refractivity contribution in [3.05, 3.63) is 119 Å². The van der Waals surface area contributed by atoms with Crippen molar-refractivity contribution in [1.82, 2.24) is 25.6 Å². The first-order valence-corrected chi connectivity index (χ1v) is 16.0. The van der Waals surface area contributed by atoms with Gasteiger partial charge < -0.3 is 15.4 Å². The van der Waals surface area contributed by atoms with Crippen LogP contribution in [-0.2, 0) is 32.6 Å². The number of nitrogens with zero attached hydrogens (tertiary/aromatic N) is 3. The van der Waals surface area contributed by atoms with Gasteiger partial charge in [0.1, 0.15) is 17.3 Å². The van der Waals surface area contributed by atoms with E-state index in [-0.39, 0.29) is 37.1 Å². The van der Waals surface area contributed by atoms with Gasteiger partial charge in [0.15, 0.2) is 6.61 Å². The average molecular weight is 669 g/mol. The van der Waals surface area contributed by atoms with Gasteiger partial charge >= 0.3 is 0 Å². The number of sulfonamides is 1. The largest absolute Gasteiger partial charge is 0.486 e. The summed E-state index contributed by atoms with van der Waals surface area (Å²) in [6.45, 7) is 12.3. The maximum Gasteiger partial charge on any atom is 0.261 e. The van der Waals surface area contributed by atoms with E-state index in [0.29, 0.717) is 30.1 Å². The number of amides is 2. The highest BCUT2D eigenvalue weighted by atomic mass is 32.2. The van der Waals surface area contributed by atoms with E-state index in [1.807, 2.05) is 26.0 Å². The quantitative estimate of drug-likeness (QED) is 0.205. The normalized spacial score (nSPS) is 16.2. The van der Waals surface area contributed by atoms with E-state index in [1.54, 1.807) is 28.7 Å². The number of carbonyl (C=O) groups excluding carboxylic acids is 2. The summed E-state index contributed by atoms with van der Waals surface area (Å²) in [7, 11) is -3.91. The maximum atomic E-state index is 13.1. The van der Waals surface area contributed by atoms with Crippen LogP contribution >= 0.6 is 11.8 Å². The molecule has 0 bridgehead atoms. The Hall–Kier alpha value is -4.69. The number of ether oxygens (including phenoxy) is 1. The molecule has 3 aromatic rings. The zero-order valence-electron chi connectivity index (χ0n) is 24.7. The molecule has 0 radical (unpaired) electrons. The first kappa shape index (κ1) is 35.8. The number of benzene rings is 2. The minimum Gasteiger partial charge on any atom is -0.486 e. The molecule has 2 heterocycles. The second kappa shape index (κ2) is 15.5. The van der Waals surface area contributed by atoms with Crippen molar-refractivity contribution in [1.29, 1.82) is 0 Å². The third-order valence-electron chi connectivity index (χ3n) is 6.51. The van der Waals surface area contributed by atoms with Crippen molar-refractivity contribution in [3.8, 4) is 0 Å². The molecule has 46 heavy (non-hydrogen) atoms. The molecule has 2 aromatic carbocycles. The molecular formula is C32H37FN6O5S2. The first-order valence-electron chi connectivity index (χ1n) is 13.7. The molecular weight excluding hydrogens is 632 g/mol. The topological polar surface area (TPSA) is 144 Å². The zero-order valence-corrected chi connectivity index (χ0v) is 26.4. The van der Waals surface area contributed by atoms with E-state index >= 15 is 0 Å². The second-order valence-electron chi connectivity index (χ2n) is 10.2. The van der Waals surface area contributed by atoms with Crippen LogP contribution in [0.15, 0.2) is 107 Å². The van der Waals surface area contributed by atoms with Crippen LogP contribution in [0.3, 0.4) is 0 Å². The van der Waals surface area contributed by atoms with Crippen molar-refractivity contribution in [2.75, 3.05) is 17.9 Å². The van der Waals surface area contributed by atoms with Crippen molar-refractivity contribution >= 4 is 39.3 Å². The van der Waals surface area contributed by atoms with Gasteiger partial charge in [0.25, 0.3) is 21.8 Å². The minimum absolute atomic E-state index is 0. The highest BCUT2D eigenvalue weighted by Crippen LogP contribution is 2.46. The molecule has 0 fully saturated rings. The van der Waals surface area contributed by atoms with Crippen LogP contribution in [0, 0.1) is 5.82 Å². The fraction of sp³-hybridized carbons (Fsp3) is 0.250. The fourth-order valence-corrected chi connectivity index (χ4v) is 6.48. The summed E-state index contributed by atoms with van der Waals surface area (Å²) in [5, 5.41) is 13.6.